The van der Waals surface area contributed by atoms with Crippen LogP contribution in [-0.4, -0.2) is 159 Å². The Bertz CT molecular complexity index is 4540. The van der Waals surface area contributed by atoms with Crippen LogP contribution in [0.25, 0.3) is 32.7 Å². The van der Waals surface area contributed by atoms with Crippen LogP contribution in [0.4, 0.5) is 0 Å². The van der Waals surface area contributed by atoms with Gasteiger partial charge in [-0.15, -0.1) is 0 Å². The highest BCUT2D eigenvalue weighted by molar-refractivity contribution is 6.22. The molecule has 1 aliphatic rings. The van der Waals surface area contributed by atoms with Gasteiger partial charge in [0, 0.05) is 22.9 Å². The molecule has 1 saturated heterocycles. The second-order valence-electron chi connectivity index (χ2n) is 18.9. The van der Waals surface area contributed by atoms with Crippen LogP contribution in [-0.2, 0) is 28.4 Å². The van der Waals surface area contributed by atoms with E-state index in [0.717, 1.165) is 6.07 Å². The Morgan fingerprint density at radius 3 is 1.20 bits per heavy atom. The van der Waals surface area contributed by atoms with Crippen LogP contribution in [0.1, 0.15) is 51.8 Å². The fraction of sp³-hybridized carbons (Fsp3) is 0.109. The SMILES string of the molecule is O=C(OC[C@H]1O[C@@H](OC(=O)c2cc(O)c(O)c(O)c2)[C@H](OC(=O)c2cc(O)c(O)c(O)c2)[C@@H](OC(=O)c2cc(O)c(O)c(O)c2)[C@@H]1OC(=O)c1cc(O)c(O)c(O)c1Oc1cc2c(=O)oc3c(O)c(O)cc4c(=O)oc(c1O)c2c34)c1cc(O)c(O)c(O)c1. The van der Waals surface area contributed by atoms with E-state index in [-0.39, 0.29) is 6.07 Å². The molecule has 0 saturated carbocycles. The minimum Gasteiger partial charge on any atom is -0.504 e. The Morgan fingerprint density at radius 1 is 0.371 bits per heavy atom. The number of rotatable bonds is 13. The van der Waals surface area contributed by atoms with Crippen molar-refractivity contribution >= 4 is 62.6 Å². The molecule has 5 atom stereocenters. The van der Waals surface area contributed by atoms with Crippen molar-refractivity contribution in [3.05, 3.63) is 115 Å². The monoisotopic (exact) mass is 1240 g/mol. The van der Waals surface area contributed by atoms with Crippen molar-refractivity contribution in [2.45, 2.75) is 30.7 Å². The summed E-state index contributed by atoms with van der Waals surface area (Å²) in [6.45, 7) is -1.46. The zero-order chi connectivity index (χ0) is 64.7. The van der Waals surface area contributed by atoms with Gasteiger partial charge in [0.2, 0.25) is 35.4 Å². The number of esters is 5. The first-order valence-corrected chi connectivity index (χ1v) is 24.5. The van der Waals surface area contributed by atoms with E-state index in [9.17, 15) is 121 Å². The van der Waals surface area contributed by atoms with Crippen molar-refractivity contribution in [1.82, 2.24) is 0 Å². The fourth-order valence-electron chi connectivity index (χ4n) is 9.02. The van der Waals surface area contributed by atoms with Crippen molar-refractivity contribution in [1.29, 1.82) is 0 Å². The Hall–Kier alpha value is -13.0. The molecule has 2 aromatic heterocycles. The summed E-state index contributed by atoms with van der Waals surface area (Å²) >= 11 is 0. The molecule has 3 heterocycles. The van der Waals surface area contributed by atoms with Crippen molar-refractivity contribution < 1.29 is 158 Å². The van der Waals surface area contributed by atoms with E-state index >= 15 is 4.79 Å². The highest BCUT2D eigenvalue weighted by atomic mass is 16.7. The van der Waals surface area contributed by atoms with E-state index < -0.39 is 254 Å². The molecule has 1 aliphatic heterocycles. The second-order valence-corrected chi connectivity index (χ2v) is 18.9. The summed E-state index contributed by atoms with van der Waals surface area (Å²) in [5.41, 5.74) is -9.32. The Morgan fingerprint density at radius 2 is 0.742 bits per heavy atom. The molecule has 0 bridgehead atoms. The number of phenolic OH excluding ortho intramolecular Hbond substituents is 18. The number of benzene rings is 7. The summed E-state index contributed by atoms with van der Waals surface area (Å²) in [6, 6.07) is 5.55. The van der Waals surface area contributed by atoms with Gasteiger partial charge in [-0.1, -0.05) is 0 Å². The lowest BCUT2D eigenvalue weighted by molar-refractivity contribution is -0.282. The number of hydrogen-bond donors (Lipinski definition) is 18. The third-order valence-corrected chi connectivity index (χ3v) is 13.3. The number of aromatic hydroxyl groups is 18. The maximum absolute atomic E-state index is 15.0. The predicted octanol–water partition coefficient (Wildman–Crippen LogP) is 3.40. The molecule has 0 amide bonds. The van der Waals surface area contributed by atoms with E-state index in [1.54, 1.807) is 0 Å². The molecule has 0 spiro atoms. The molecule has 34 heteroatoms. The number of ether oxygens (including phenoxy) is 7. The highest BCUT2D eigenvalue weighted by Crippen LogP contribution is 2.51. The van der Waals surface area contributed by atoms with Crippen molar-refractivity contribution in [3.8, 4) is 115 Å². The van der Waals surface area contributed by atoms with Gasteiger partial charge in [-0.3, -0.25) is 0 Å². The molecule has 10 rings (SSSR count). The van der Waals surface area contributed by atoms with Gasteiger partial charge in [0.25, 0.3) is 0 Å². The number of carbonyl (C=O) groups excluding carboxylic acids is 5. The third kappa shape index (κ3) is 10.4. The number of phenols is 18. The van der Waals surface area contributed by atoms with E-state index in [2.05, 4.69) is 0 Å². The molecule has 9 aromatic rings. The van der Waals surface area contributed by atoms with Gasteiger partial charge < -0.3 is 134 Å². The molecule has 1 fully saturated rings. The summed E-state index contributed by atoms with van der Waals surface area (Å²) in [6.07, 6.45) is -13.5. The molecule has 7 aromatic carbocycles. The van der Waals surface area contributed by atoms with E-state index in [1.807, 2.05) is 0 Å². The normalized spacial score (nSPS) is 16.4. The minimum absolute atomic E-state index is 0.276. The second kappa shape index (κ2) is 21.9. The lowest BCUT2D eigenvalue weighted by Crippen LogP contribution is -2.63. The maximum atomic E-state index is 15.0. The van der Waals surface area contributed by atoms with Gasteiger partial charge in [0.05, 0.1) is 33.0 Å². The van der Waals surface area contributed by atoms with Gasteiger partial charge in [0.1, 0.15) is 18.3 Å². The smallest absolute Gasteiger partial charge is 0.344 e. The summed E-state index contributed by atoms with van der Waals surface area (Å²) in [5, 5.41) is 186. The van der Waals surface area contributed by atoms with Gasteiger partial charge in [-0.2, -0.15) is 0 Å². The van der Waals surface area contributed by atoms with Crippen LogP contribution >= 0.6 is 0 Å². The van der Waals surface area contributed by atoms with Crippen molar-refractivity contribution in [2.24, 2.45) is 0 Å². The summed E-state index contributed by atoms with van der Waals surface area (Å²) in [5.74, 6) is -33.4. The largest absolute Gasteiger partial charge is 0.504 e. The van der Waals surface area contributed by atoms with Gasteiger partial charge >= 0.3 is 41.1 Å². The molecule has 18 N–H and O–H groups in total. The highest BCUT2D eigenvalue weighted by Gasteiger charge is 2.55. The molecular formula is C55H36O34. The van der Waals surface area contributed by atoms with Gasteiger partial charge in [0.15, 0.2) is 115 Å². The minimum atomic E-state index is -2.80. The predicted molar refractivity (Wildman–Crippen MR) is 281 cm³/mol. The first kappa shape index (κ1) is 59.2. The first-order valence-electron chi connectivity index (χ1n) is 24.5. The average Bonchev–Trinajstić information content (AvgIpc) is 0.725. The Labute approximate surface area is 487 Å². The van der Waals surface area contributed by atoms with Gasteiger partial charge in [-0.25, -0.2) is 33.6 Å². The molecule has 34 nitrogen and oxygen atoms in total. The lowest BCUT2D eigenvalue weighted by Gasteiger charge is -2.44. The topological polar surface area (TPSA) is 575 Å². The zero-order valence-electron chi connectivity index (χ0n) is 43.5. The standard InChI is InChI=1S/C55H36O34/c56-20-1-13(2-21(57)34(20)66)48(74)81-12-31-43(84-54(80)19-10-28(64)38(70)41(73)42(19)82-30-11-18-33-32-17(52(78)86-45(33)40(30)72)9-29(65)39(71)44(32)85-53(18)79)46(87-49(75)14-3-22(58)35(67)23(59)4-14)47(88-50(76)15-5-24(60)36(68)25(61)6-15)55(83-31)89-51(77)16-7-26(62)37(69)27(63)8-16/h1-11,31,43,46-47,55-73H,12H2/t31-,43-,46+,47-,55+/m1/s1. The molecule has 0 radical (unpaired) electrons. The lowest BCUT2D eigenvalue weighted by atomic mass is 9.97. The van der Waals surface area contributed by atoms with E-state index in [4.69, 9.17) is 42.0 Å². The molecular weight excluding hydrogens is 1200 g/mol. The molecule has 0 aliphatic carbocycles. The van der Waals surface area contributed by atoms with Crippen LogP contribution in [0.3, 0.4) is 0 Å². The molecule has 89 heavy (non-hydrogen) atoms. The Kier molecular flexibility index (Phi) is 14.5. The van der Waals surface area contributed by atoms with Crippen LogP contribution in [0.15, 0.2) is 85.2 Å². The molecule has 0 unspecified atom stereocenters. The third-order valence-electron chi connectivity index (χ3n) is 13.3. The fourth-order valence-corrected chi connectivity index (χ4v) is 9.02. The van der Waals surface area contributed by atoms with E-state index in [0.29, 0.717) is 54.6 Å². The van der Waals surface area contributed by atoms with Crippen molar-refractivity contribution in [3.63, 3.8) is 0 Å². The van der Waals surface area contributed by atoms with Crippen LogP contribution in [0.2, 0.25) is 0 Å². The van der Waals surface area contributed by atoms with E-state index in [1.165, 1.54) is 0 Å². The zero-order valence-corrected chi connectivity index (χ0v) is 43.5. The Balaban J connectivity index is 1.15. The van der Waals surface area contributed by atoms with Crippen molar-refractivity contribution in [2.75, 3.05) is 6.61 Å². The van der Waals surface area contributed by atoms with Crippen LogP contribution < -0.4 is 16.0 Å². The summed E-state index contributed by atoms with van der Waals surface area (Å²) in [7, 11) is 0. The first-order chi connectivity index (χ1) is 41.9. The average molecular weight is 1240 g/mol. The maximum Gasteiger partial charge on any atom is 0.344 e. The van der Waals surface area contributed by atoms with Crippen LogP contribution in [0.5, 0.6) is 115 Å². The van der Waals surface area contributed by atoms with Crippen LogP contribution in [0, 0.1) is 0 Å². The summed E-state index contributed by atoms with van der Waals surface area (Å²) < 4.78 is 50.0. The summed E-state index contributed by atoms with van der Waals surface area (Å²) in [4.78, 5) is 98.1. The quantitative estimate of drug-likeness (QED) is 0.0258. The number of hydrogen-bond acceptors (Lipinski definition) is 34. The molecule has 460 valence electrons. The van der Waals surface area contributed by atoms with Gasteiger partial charge in [-0.05, 0) is 54.6 Å². The number of carbonyl (C=O) groups is 5.